The Hall–Kier alpha value is -2.47. The Morgan fingerprint density at radius 3 is 2.95 bits per heavy atom. The van der Waals surface area contributed by atoms with Crippen LogP contribution in [-0.2, 0) is 17.9 Å². The van der Waals surface area contributed by atoms with Gasteiger partial charge in [-0.3, -0.25) is 4.98 Å². The second kappa shape index (κ2) is 5.26. The molecule has 2 heterocycles. The quantitative estimate of drug-likeness (QED) is 0.720. The van der Waals surface area contributed by atoms with Gasteiger partial charge in [0.2, 0.25) is 5.89 Å². The number of hydrogen-bond acceptors (Lipinski definition) is 5. The van der Waals surface area contributed by atoms with Crippen molar-refractivity contribution in [2.45, 2.75) is 13.2 Å². The van der Waals surface area contributed by atoms with Crippen LogP contribution in [0.25, 0.3) is 10.9 Å². The molecule has 1 aromatic carbocycles. The molecule has 0 amide bonds. The van der Waals surface area contributed by atoms with Gasteiger partial charge in [0.1, 0.15) is 6.61 Å². The van der Waals surface area contributed by atoms with E-state index in [-0.39, 0.29) is 19.0 Å². The van der Waals surface area contributed by atoms with E-state index in [4.69, 9.17) is 9.15 Å². The van der Waals surface area contributed by atoms with Crippen molar-refractivity contribution in [3.63, 3.8) is 0 Å². The molecule has 0 aliphatic rings. The molecule has 3 aromatic rings. The van der Waals surface area contributed by atoms with Crippen LogP contribution in [0.2, 0.25) is 0 Å². The Morgan fingerprint density at radius 1 is 1.25 bits per heavy atom. The lowest BCUT2D eigenvalue weighted by atomic mass is 10.2. The average Bonchev–Trinajstić information content (AvgIpc) is 2.79. The van der Waals surface area contributed by atoms with Crippen molar-refractivity contribution in [1.29, 1.82) is 0 Å². The van der Waals surface area contributed by atoms with Gasteiger partial charge in [0.05, 0.1) is 17.8 Å². The molecule has 0 atom stereocenters. The van der Waals surface area contributed by atoms with Gasteiger partial charge in [-0.25, -0.2) is 4.79 Å². The summed E-state index contributed by atoms with van der Waals surface area (Å²) in [6.07, 6.45) is 0. The highest BCUT2D eigenvalue weighted by molar-refractivity contribution is 5.78. The number of methoxy groups -OCH3 is 1. The van der Waals surface area contributed by atoms with Crippen molar-refractivity contribution in [3.8, 4) is 0 Å². The minimum absolute atomic E-state index is 0.174. The summed E-state index contributed by atoms with van der Waals surface area (Å²) in [6, 6.07) is 11.7. The summed E-state index contributed by atoms with van der Waals surface area (Å²) in [4.78, 5) is 16.1. The van der Waals surface area contributed by atoms with Gasteiger partial charge in [0.25, 0.3) is 0 Å². The topological polar surface area (TPSA) is 70.2 Å². The summed E-state index contributed by atoms with van der Waals surface area (Å²) < 4.78 is 11.1. The SMILES string of the molecule is COCc1nn(Cc2ccc3ccccc3n2)c(=O)o1. The van der Waals surface area contributed by atoms with Crippen LogP contribution in [-0.4, -0.2) is 21.9 Å². The maximum Gasteiger partial charge on any atom is 0.437 e. The molecular formula is C14H13N3O3. The zero-order valence-corrected chi connectivity index (χ0v) is 10.9. The van der Waals surface area contributed by atoms with Gasteiger partial charge in [0.15, 0.2) is 0 Å². The number of pyridine rings is 1. The molecule has 6 heteroatoms. The highest BCUT2D eigenvalue weighted by Gasteiger charge is 2.09. The summed E-state index contributed by atoms with van der Waals surface area (Å²) in [5, 5.41) is 5.11. The van der Waals surface area contributed by atoms with Gasteiger partial charge < -0.3 is 9.15 Å². The summed E-state index contributed by atoms with van der Waals surface area (Å²) in [5.74, 6) is -0.245. The average molecular weight is 271 g/mol. The van der Waals surface area contributed by atoms with Crippen LogP contribution in [0.1, 0.15) is 11.6 Å². The lowest BCUT2D eigenvalue weighted by Gasteiger charge is -2.01. The van der Waals surface area contributed by atoms with Crippen LogP contribution in [0.4, 0.5) is 0 Å². The molecule has 0 fully saturated rings. The normalized spacial score (nSPS) is 11.1. The largest absolute Gasteiger partial charge is 0.437 e. The van der Waals surface area contributed by atoms with E-state index in [0.29, 0.717) is 0 Å². The van der Waals surface area contributed by atoms with E-state index in [1.807, 2.05) is 36.4 Å². The fourth-order valence-electron chi connectivity index (χ4n) is 1.98. The van der Waals surface area contributed by atoms with E-state index >= 15 is 0 Å². The molecule has 3 rings (SSSR count). The number of aromatic nitrogens is 3. The van der Waals surface area contributed by atoms with Crippen LogP contribution in [0.15, 0.2) is 45.6 Å². The first-order valence-corrected chi connectivity index (χ1v) is 6.17. The predicted octanol–water partition coefficient (Wildman–Crippen LogP) is 1.58. The number of ether oxygens (including phenoxy) is 1. The molecule has 0 saturated heterocycles. The Morgan fingerprint density at radius 2 is 2.10 bits per heavy atom. The Balaban J connectivity index is 1.90. The molecule has 0 unspecified atom stereocenters. The van der Waals surface area contributed by atoms with Gasteiger partial charge >= 0.3 is 5.76 Å². The highest BCUT2D eigenvalue weighted by atomic mass is 16.5. The number of fused-ring (bicyclic) bond motifs is 1. The molecule has 20 heavy (non-hydrogen) atoms. The third-order valence-corrected chi connectivity index (χ3v) is 2.88. The first kappa shape index (κ1) is 12.6. The molecule has 102 valence electrons. The second-order valence-electron chi connectivity index (χ2n) is 4.35. The van der Waals surface area contributed by atoms with E-state index in [9.17, 15) is 4.79 Å². The summed E-state index contributed by atoms with van der Waals surface area (Å²) in [7, 11) is 1.52. The summed E-state index contributed by atoms with van der Waals surface area (Å²) in [6.45, 7) is 0.449. The molecule has 2 aromatic heterocycles. The minimum atomic E-state index is -0.507. The maximum atomic E-state index is 11.6. The van der Waals surface area contributed by atoms with Crippen LogP contribution in [0.5, 0.6) is 0 Å². The van der Waals surface area contributed by atoms with Crippen molar-refractivity contribution in [2.75, 3.05) is 7.11 Å². The second-order valence-corrected chi connectivity index (χ2v) is 4.35. The van der Waals surface area contributed by atoms with Gasteiger partial charge in [-0.15, -0.1) is 5.10 Å². The highest BCUT2D eigenvalue weighted by Crippen LogP contribution is 2.12. The van der Waals surface area contributed by atoms with E-state index in [1.165, 1.54) is 11.8 Å². The number of hydrogen-bond donors (Lipinski definition) is 0. The van der Waals surface area contributed by atoms with Crippen molar-refractivity contribution < 1.29 is 9.15 Å². The van der Waals surface area contributed by atoms with E-state index in [0.717, 1.165) is 16.6 Å². The third-order valence-electron chi connectivity index (χ3n) is 2.88. The van der Waals surface area contributed by atoms with Crippen LogP contribution >= 0.6 is 0 Å². The molecular weight excluding hydrogens is 258 g/mol. The lowest BCUT2D eigenvalue weighted by Crippen LogP contribution is -2.17. The zero-order chi connectivity index (χ0) is 13.9. The monoisotopic (exact) mass is 271 g/mol. The number of nitrogens with zero attached hydrogens (tertiary/aromatic N) is 3. The van der Waals surface area contributed by atoms with Crippen LogP contribution < -0.4 is 5.76 Å². The fraction of sp³-hybridized carbons (Fsp3) is 0.214. The van der Waals surface area contributed by atoms with E-state index in [2.05, 4.69) is 10.1 Å². The van der Waals surface area contributed by atoms with Crippen LogP contribution in [0, 0.1) is 0 Å². The van der Waals surface area contributed by atoms with E-state index < -0.39 is 5.76 Å². The standard InChI is InChI=1S/C14H13N3O3/c1-19-9-13-16-17(14(18)20-13)8-11-7-6-10-4-2-3-5-12(10)15-11/h2-7H,8-9H2,1H3. The molecule has 0 spiro atoms. The van der Waals surface area contributed by atoms with Gasteiger partial charge in [-0.2, -0.15) is 4.68 Å². The first-order chi connectivity index (χ1) is 9.76. The van der Waals surface area contributed by atoms with Gasteiger partial charge in [-0.1, -0.05) is 24.3 Å². The molecule has 0 bridgehead atoms. The lowest BCUT2D eigenvalue weighted by molar-refractivity contribution is 0.158. The number of benzene rings is 1. The molecule has 0 N–H and O–H groups in total. The van der Waals surface area contributed by atoms with Gasteiger partial charge in [-0.05, 0) is 12.1 Å². The van der Waals surface area contributed by atoms with Crippen molar-refractivity contribution in [3.05, 3.63) is 58.5 Å². The van der Waals surface area contributed by atoms with Crippen molar-refractivity contribution in [1.82, 2.24) is 14.8 Å². The molecule has 0 aliphatic carbocycles. The summed E-state index contributed by atoms with van der Waals surface area (Å²) in [5.41, 5.74) is 1.64. The molecule has 6 nitrogen and oxygen atoms in total. The zero-order valence-electron chi connectivity index (χ0n) is 10.9. The van der Waals surface area contributed by atoms with Gasteiger partial charge in [0, 0.05) is 12.5 Å². The number of rotatable bonds is 4. The Kier molecular flexibility index (Phi) is 3.30. The fourth-order valence-corrected chi connectivity index (χ4v) is 1.98. The minimum Gasteiger partial charge on any atom is -0.390 e. The Bertz CT molecular complexity index is 791. The molecule has 0 aliphatic heterocycles. The molecule has 0 radical (unpaired) electrons. The predicted molar refractivity (Wildman–Crippen MR) is 72.3 cm³/mol. The number of para-hydroxylation sites is 1. The van der Waals surface area contributed by atoms with E-state index in [1.54, 1.807) is 0 Å². The Labute approximate surface area is 114 Å². The molecule has 0 saturated carbocycles. The van der Waals surface area contributed by atoms with Crippen molar-refractivity contribution >= 4 is 10.9 Å². The third kappa shape index (κ3) is 2.46. The smallest absolute Gasteiger partial charge is 0.390 e. The maximum absolute atomic E-state index is 11.6. The van der Waals surface area contributed by atoms with Crippen molar-refractivity contribution in [2.24, 2.45) is 0 Å². The first-order valence-electron chi connectivity index (χ1n) is 6.17. The summed E-state index contributed by atoms with van der Waals surface area (Å²) >= 11 is 0. The van der Waals surface area contributed by atoms with Crippen LogP contribution in [0.3, 0.4) is 0 Å².